The highest BCUT2D eigenvalue weighted by Crippen LogP contribution is 2.33. The Bertz CT molecular complexity index is 518. The van der Waals surface area contributed by atoms with Crippen molar-refractivity contribution in [2.45, 2.75) is 26.2 Å². The molecular formula is C14H14N2. The maximum Gasteiger partial charge on any atom is 0.0453 e. The zero-order valence-corrected chi connectivity index (χ0v) is 9.40. The van der Waals surface area contributed by atoms with Gasteiger partial charge in [0.2, 0.25) is 0 Å². The fourth-order valence-corrected chi connectivity index (χ4v) is 2.55. The quantitative estimate of drug-likeness (QED) is 0.723. The van der Waals surface area contributed by atoms with Crippen LogP contribution in [0.2, 0.25) is 0 Å². The lowest BCUT2D eigenvalue weighted by Gasteiger charge is -2.11. The van der Waals surface area contributed by atoms with Crippen LogP contribution in [0.4, 0.5) is 0 Å². The summed E-state index contributed by atoms with van der Waals surface area (Å²) in [4.78, 5) is 8.58. The first-order valence-electron chi connectivity index (χ1n) is 5.74. The molecule has 0 aromatic carbocycles. The maximum absolute atomic E-state index is 4.51. The van der Waals surface area contributed by atoms with Crippen molar-refractivity contribution in [3.8, 4) is 11.1 Å². The molecule has 2 aromatic heterocycles. The lowest BCUT2D eigenvalue weighted by molar-refractivity contribution is 0.911. The van der Waals surface area contributed by atoms with Crippen LogP contribution in [0.15, 0.2) is 30.7 Å². The molecule has 2 aromatic rings. The molecule has 0 saturated carbocycles. The van der Waals surface area contributed by atoms with Crippen molar-refractivity contribution < 1.29 is 0 Å². The molecule has 0 N–H and O–H groups in total. The zero-order valence-electron chi connectivity index (χ0n) is 9.40. The molecule has 0 amide bonds. The fourth-order valence-electron chi connectivity index (χ4n) is 2.55. The van der Waals surface area contributed by atoms with E-state index in [1.165, 1.54) is 41.5 Å². The highest BCUT2D eigenvalue weighted by atomic mass is 14.7. The normalized spacial score (nSPS) is 13.8. The first-order chi connectivity index (χ1) is 7.86. The molecule has 2 heteroatoms. The third-order valence-electron chi connectivity index (χ3n) is 3.31. The molecule has 0 saturated heterocycles. The van der Waals surface area contributed by atoms with Crippen LogP contribution in [-0.2, 0) is 12.8 Å². The molecule has 0 spiro atoms. The maximum atomic E-state index is 4.51. The second kappa shape index (κ2) is 3.71. The second-order valence-electron chi connectivity index (χ2n) is 4.31. The standard InChI is InChI=1S/C14H14N2/c1-10-14(11-5-7-15-8-6-11)13-4-2-3-12(13)9-16-10/h5-9H,2-4H2,1H3. The first-order valence-corrected chi connectivity index (χ1v) is 5.74. The summed E-state index contributed by atoms with van der Waals surface area (Å²) >= 11 is 0. The van der Waals surface area contributed by atoms with Crippen molar-refractivity contribution in [3.63, 3.8) is 0 Å². The molecule has 0 aliphatic heterocycles. The van der Waals surface area contributed by atoms with Crippen molar-refractivity contribution in [2.75, 3.05) is 0 Å². The van der Waals surface area contributed by atoms with Gasteiger partial charge in [-0.3, -0.25) is 9.97 Å². The van der Waals surface area contributed by atoms with Crippen molar-refractivity contribution in [1.29, 1.82) is 0 Å². The van der Waals surface area contributed by atoms with Gasteiger partial charge in [0.1, 0.15) is 0 Å². The van der Waals surface area contributed by atoms with E-state index in [-0.39, 0.29) is 0 Å². The third kappa shape index (κ3) is 1.42. The summed E-state index contributed by atoms with van der Waals surface area (Å²) < 4.78 is 0. The molecule has 1 aliphatic carbocycles. The van der Waals surface area contributed by atoms with Crippen LogP contribution < -0.4 is 0 Å². The van der Waals surface area contributed by atoms with Crippen molar-refractivity contribution in [2.24, 2.45) is 0 Å². The summed E-state index contributed by atoms with van der Waals surface area (Å²) in [6, 6.07) is 4.14. The van der Waals surface area contributed by atoms with Gasteiger partial charge >= 0.3 is 0 Å². The lowest BCUT2D eigenvalue weighted by atomic mass is 9.97. The van der Waals surface area contributed by atoms with Crippen LogP contribution in [0.25, 0.3) is 11.1 Å². The van der Waals surface area contributed by atoms with Gasteiger partial charge in [0, 0.05) is 29.8 Å². The fraction of sp³-hybridized carbons (Fsp3) is 0.286. The Labute approximate surface area is 95.4 Å². The second-order valence-corrected chi connectivity index (χ2v) is 4.31. The molecule has 80 valence electrons. The monoisotopic (exact) mass is 210 g/mol. The minimum Gasteiger partial charge on any atom is -0.265 e. The lowest BCUT2D eigenvalue weighted by Crippen LogP contribution is -1.95. The molecule has 1 aliphatic rings. The highest BCUT2D eigenvalue weighted by molar-refractivity contribution is 5.71. The smallest absolute Gasteiger partial charge is 0.0453 e. The Morgan fingerprint density at radius 3 is 2.75 bits per heavy atom. The molecule has 3 rings (SSSR count). The van der Waals surface area contributed by atoms with Crippen molar-refractivity contribution in [3.05, 3.63) is 47.5 Å². The minimum absolute atomic E-state index is 1.13. The summed E-state index contributed by atoms with van der Waals surface area (Å²) in [6.45, 7) is 2.09. The number of aryl methyl sites for hydroxylation is 2. The van der Waals surface area contributed by atoms with E-state index in [9.17, 15) is 0 Å². The Hall–Kier alpha value is -1.70. The van der Waals surface area contributed by atoms with Gasteiger partial charge in [0.05, 0.1) is 0 Å². The number of fused-ring (bicyclic) bond motifs is 1. The summed E-state index contributed by atoms with van der Waals surface area (Å²) in [5.41, 5.74) is 6.64. The van der Waals surface area contributed by atoms with Crippen LogP contribution in [0.5, 0.6) is 0 Å². The summed E-state index contributed by atoms with van der Waals surface area (Å²) in [6.07, 6.45) is 9.38. The zero-order chi connectivity index (χ0) is 11.0. The van der Waals surface area contributed by atoms with E-state index in [2.05, 4.69) is 29.0 Å². The average Bonchev–Trinajstić information content (AvgIpc) is 2.78. The predicted molar refractivity (Wildman–Crippen MR) is 64.2 cm³/mol. The third-order valence-corrected chi connectivity index (χ3v) is 3.31. The summed E-state index contributed by atoms with van der Waals surface area (Å²) in [5.74, 6) is 0. The van der Waals surface area contributed by atoms with Gasteiger partial charge in [0.15, 0.2) is 0 Å². The Balaban J connectivity index is 2.24. The van der Waals surface area contributed by atoms with Gasteiger partial charge in [-0.2, -0.15) is 0 Å². The number of hydrogen-bond donors (Lipinski definition) is 0. The Morgan fingerprint density at radius 1 is 1.12 bits per heavy atom. The van der Waals surface area contributed by atoms with E-state index >= 15 is 0 Å². The molecule has 0 atom stereocenters. The van der Waals surface area contributed by atoms with Crippen LogP contribution in [0.3, 0.4) is 0 Å². The first kappa shape index (κ1) is 9.52. The number of nitrogens with zero attached hydrogens (tertiary/aromatic N) is 2. The topological polar surface area (TPSA) is 25.8 Å². The Kier molecular flexibility index (Phi) is 2.21. The van der Waals surface area contributed by atoms with Crippen LogP contribution in [0, 0.1) is 6.92 Å². The predicted octanol–water partition coefficient (Wildman–Crippen LogP) is 2.94. The number of hydrogen-bond acceptors (Lipinski definition) is 2. The van der Waals surface area contributed by atoms with E-state index in [0.29, 0.717) is 0 Å². The number of aromatic nitrogens is 2. The van der Waals surface area contributed by atoms with Gasteiger partial charge in [-0.25, -0.2) is 0 Å². The minimum atomic E-state index is 1.13. The van der Waals surface area contributed by atoms with E-state index < -0.39 is 0 Å². The molecule has 0 bridgehead atoms. The van der Waals surface area contributed by atoms with Gasteiger partial charge in [-0.1, -0.05) is 0 Å². The van der Waals surface area contributed by atoms with Gasteiger partial charge < -0.3 is 0 Å². The molecule has 0 radical (unpaired) electrons. The molecule has 2 heterocycles. The number of rotatable bonds is 1. The van der Waals surface area contributed by atoms with E-state index in [1.807, 2.05) is 18.6 Å². The van der Waals surface area contributed by atoms with E-state index in [1.54, 1.807) is 0 Å². The number of pyridine rings is 2. The summed E-state index contributed by atoms with van der Waals surface area (Å²) in [7, 11) is 0. The van der Waals surface area contributed by atoms with E-state index in [4.69, 9.17) is 0 Å². The molecule has 16 heavy (non-hydrogen) atoms. The van der Waals surface area contributed by atoms with Gasteiger partial charge in [0.25, 0.3) is 0 Å². The largest absolute Gasteiger partial charge is 0.265 e. The van der Waals surface area contributed by atoms with Crippen LogP contribution in [-0.4, -0.2) is 9.97 Å². The van der Waals surface area contributed by atoms with Crippen LogP contribution in [0.1, 0.15) is 23.2 Å². The van der Waals surface area contributed by atoms with Gasteiger partial charge in [-0.15, -0.1) is 0 Å². The van der Waals surface area contributed by atoms with Crippen molar-refractivity contribution in [1.82, 2.24) is 9.97 Å². The highest BCUT2D eigenvalue weighted by Gasteiger charge is 2.18. The molecule has 0 fully saturated rings. The molecule has 0 unspecified atom stereocenters. The van der Waals surface area contributed by atoms with Crippen molar-refractivity contribution >= 4 is 0 Å². The Morgan fingerprint density at radius 2 is 1.94 bits per heavy atom. The SMILES string of the molecule is Cc1ncc2c(c1-c1ccncc1)CCC2. The average molecular weight is 210 g/mol. The summed E-state index contributed by atoms with van der Waals surface area (Å²) in [5, 5.41) is 0. The molecule has 2 nitrogen and oxygen atoms in total. The van der Waals surface area contributed by atoms with E-state index in [0.717, 1.165) is 5.69 Å². The van der Waals surface area contributed by atoms with Gasteiger partial charge in [-0.05, 0) is 55.0 Å². The van der Waals surface area contributed by atoms with Crippen LogP contribution >= 0.6 is 0 Å². The molecular weight excluding hydrogens is 196 g/mol.